The molecule has 0 spiro atoms. The first kappa shape index (κ1) is 13.3. The van der Waals surface area contributed by atoms with E-state index in [0.717, 1.165) is 35.4 Å². The standard InChI is InChI=1S/C18H18FN3/c19-14-6-4-13(5-7-14)15-12-16-18(21-15)17(8-9-20-16)22-10-2-1-3-11-22/h4-9,12,21H,1-3,10-11H2. The average Bonchev–Trinajstić information content (AvgIpc) is 3.00. The molecule has 3 heterocycles. The van der Waals surface area contributed by atoms with Gasteiger partial charge in [-0.1, -0.05) is 0 Å². The second-order valence-electron chi connectivity index (χ2n) is 5.83. The first-order valence-electron chi connectivity index (χ1n) is 7.80. The Labute approximate surface area is 128 Å². The topological polar surface area (TPSA) is 31.9 Å². The Kier molecular flexibility index (Phi) is 3.29. The molecule has 0 atom stereocenters. The molecule has 0 aliphatic carbocycles. The molecule has 112 valence electrons. The number of rotatable bonds is 2. The Morgan fingerprint density at radius 1 is 1.00 bits per heavy atom. The molecule has 1 fully saturated rings. The lowest BCUT2D eigenvalue weighted by Crippen LogP contribution is -2.29. The van der Waals surface area contributed by atoms with Gasteiger partial charge in [0, 0.05) is 25.0 Å². The van der Waals surface area contributed by atoms with Crippen LogP contribution in [0, 0.1) is 5.82 Å². The van der Waals surface area contributed by atoms with Gasteiger partial charge in [0.25, 0.3) is 0 Å². The summed E-state index contributed by atoms with van der Waals surface area (Å²) in [5, 5.41) is 0. The molecule has 3 nitrogen and oxygen atoms in total. The molecule has 4 heteroatoms. The number of benzene rings is 1. The number of halogens is 1. The van der Waals surface area contributed by atoms with Gasteiger partial charge in [0.15, 0.2) is 0 Å². The van der Waals surface area contributed by atoms with Crippen LogP contribution in [0.5, 0.6) is 0 Å². The Morgan fingerprint density at radius 3 is 2.55 bits per heavy atom. The van der Waals surface area contributed by atoms with Crippen molar-refractivity contribution in [2.75, 3.05) is 18.0 Å². The van der Waals surface area contributed by atoms with Crippen LogP contribution >= 0.6 is 0 Å². The molecule has 4 rings (SSSR count). The number of H-pyrrole nitrogens is 1. The molecule has 3 aromatic rings. The third-order valence-corrected chi connectivity index (χ3v) is 4.35. The molecule has 1 saturated heterocycles. The van der Waals surface area contributed by atoms with Crippen molar-refractivity contribution >= 4 is 16.7 Å². The van der Waals surface area contributed by atoms with Crippen molar-refractivity contribution in [3.05, 3.63) is 48.4 Å². The molecule has 0 bridgehead atoms. The van der Waals surface area contributed by atoms with Gasteiger partial charge in [-0.25, -0.2) is 4.39 Å². The Hall–Kier alpha value is -2.36. The van der Waals surface area contributed by atoms with E-state index in [1.54, 1.807) is 12.1 Å². The minimum absolute atomic E-state index is 0.216. The van der Waals surface area contributed by atoms with Crippen LogP contribution in [0.15, 0.2) is 42.6 Å². The third-order valence-electron chi connectivity index (χ3n) is 4.35. The number of hydrogen-bond donors (Lipinski definition) is 1. The smallest absolute Gasteiger partial charge is 0.123 e. The van der Waals surface area contributed by atoms with E-state index >= 15 is 0 Å². The normalized spacial score (nSPS) is 15.4. The zero-order chi connectivity index (χ0) is 14.9. The zero-order valence-corrected chi connectivity index (χ0v) is 12.3. The van der Waals surface area contributed by atoms with Crippen molar-refractivity contribution in [2.24, 2.45) is 0 Å². The lowest BCUT2D eigenvalue weighted by molar-refractivity contribution is 0.578. The van der Waals surface area contributed by atoms with Gasteiger partial charge < -0.3 is 9.88 Å². The largest absolute Gasteiger partial charge is 0.370 e. The van der Waals surface area contributed by atoms with Crippen LogP contribution in [-0.4, -0.2) is 23.1 Å². The van der Waals surface area contributed by atoms with Gasteiger partial charge >= 0.3 is 0 Å². The Bertz CT molecular complexity index is 786. The molecule has 0 amide bonds. The quantitative estimate of drug-likeness (QED) is 0.761. The van der Waals surface area contributed by atoms with E-state index in [-0.39, 0.29) is 5.82 Å². The highest BCUT2D eigenvalue weighted by Crippen LogP contribution is 2.30. The molecule has 1 aliphatic rings. The summed E-state index contributed by atoms with van der Waals surface area (Å²) in [4.78, 5) is 10.4. The maximum atomic E-state index is 13.1. The number of nitrogens with zero attached hydrogens (tertiary/aromatic N) is 2. The predicted molar refractivity (Wildman–Crippen MR) is 87.6 cm³/mol. The van der Waals surface area contributed by atoms with E-state index in [0.29, 0.717) is 0 Å². The monoisotopic (exact) mass is 295 g/mol. The van der Waals surface area contributed by atoms with Crippen LogP contribution in [0.4, 0.5) is 10.1 Å². The Balaban J connectivity index is 1.78. The predicted octanol–water partition coefficient (Wildman–Crippen LogP) is 4.36. The first-order valence-corrected chi connectivity index (χ1v) is 7.80. The number of aromatic amines is 1. The number of fused-ring (bicyclic) bond motifs is 1. The highest BCUT2D eigenvalue weighted by molar-refractivity contribution is 5.92. The van der Waals surface area contributed by atoms with Crippen LogP contribution in [-0.2, 0) is 0 Å². The van der Waals surface area contributed by atoms with Gasteiger partial charge in [0.2, 0.25) is 0 Å². The fourth-order valence-corrected chi connectivity index (χ4v) is 3.20. The van der Waals surface area contributed by atoms with Gasteiger partial charge in [-0.05, 0) is 61.2 Å². The summed E-state index contributed by atoms with van der Waals surface area (Å²) < 4.78 is 13.1. The number of nitrogens with one attached hydrogen (secondary N) is 1. The summed E-state index contributed by atoms with van der Waals surface area (Å²) >= 11 is 0. The highest BCUT2D eigenvalue weighted by atomic mass is 19.1. The van der Waals surface area contributed by atoms with Gasteiger partial charge in [-0.3, -0.25) is 4.98 Å². The molecule has 2 aromatic heterocycles. The molecule has 0 saturated carbocycles. The van der Waals surface area contributed by atoms with Gasteiger partial charge in [-0.2, -0.15) is 0 Å². The SMILES string of the molecule is Fc1ccc(-c2cc3nccc(N4CCCCC4)c3[nH]2)cc1. The van der Waals surface area contributed by atoms with E-state index in [9.17, 15) is 4.39 Å². The Morgan fingerprint density at radius 2 is 1.77 bits per heavy atom. The summed E-state index contributed by atoms with van der Waals surface area (Å²) in [7, 11) is 0. The minimum Gasteiger partial charge on any atom is -0.370 e. The van der Waals surface area contributed by atoms with E-state index in [4.69, 9.17) is 0 Å². The zero-order valence-electron chi connectivity index (χ0n) is 12.3. The van der Waals surface area contributed by atoms with Gasteiger partial charge in [0.05, 0.1) is 16.7 Å². The first-order chi connectivity index (χ1) is 10.8. The number of hydrogen-bond acceptors (Lipinski definition) is 2. The summed E-state index contributed by atoms with van der Waals surface area (Å²) in [6.45, 7) is 2.20. The maximum absolute atomic E-state index is 13.1. The molecule has 1 N–H and O–H groups in total. The van der Waals surface area contributed by atoms with Crippen molar-refractivity contribution in [1.82, 2.24) is 9.97 Å². The molecule has 22 heavy (non-hydrogen) atoms. The molecule has 1 aromatic carbocycles. The minimum atomic E-state index is -0.216. The van der Waals surface area contributed by atoms with E-state index in [2.05, 4.69) is 20.9 Å². The average molecular weight is 295 g/mol. The summed E-state index contributed by atoms with van der Waals surface area (Å²) in [5.74, 6) is -0.216. The number of aromatic nitrogens is 2. The number of anilines is 1. The summed E-state index contributed by atoms with van der Waals surface area (Å²) in [6, 6.07) is 10.7. The van der Waals surface area contributed by atoms with Crippen LogP contribution in [0.2, 0.25) is 0 Å². The van der Waals surface area contributed by atoms with Crippen LogP contribution in [0.25, 0.3) is 22.3 Å². The third kappa shape index (κ3) is 2.34. The molecular weight excluding hydrogens is 277 g/mol. The van der Waals surface area contributed by atoms with E-state index < -0.39 is 0 Å². The van der Waals surface area contributed by atoms with Gasteiger partial charge in [0.1, 0.15) is 5.82 Å². The number of pyridine rings is 1. The second-order valence-corrected chi connectivity index (χ2v) is 5.83. The summed E-state index contributed by atoms with van der Waals surface area (Å²) in [5.41, 5.74) is 5.21. The van der Waals surface area contributed by atoms with Crippen molar-refractivity contribution in [3.63, 3.8) is 0 Å². The van der Waals surface area contributed by atoms with Gasteiger partial charge in [-0.15, -0.1) is 0 Å². The lowest BCUT2D eigenvalue weighted by Gasteiger charge is -2.29. The highest BCUT2D eigenvalue weighted by Gasteiger charge is 2.15. The van der Waals surface area contributed by atoms with Crippen molar-refractivity contribution in [2.45, 2.75) is 19.3 Å². The molecule has 1 aliphatic heterocycles. The fourth-order valence-electron chi connectivity index (χ4n) is 3.20. The summed E-state index contributed by atoms with van der Waals surface area (Å²) in [6.07, 6.45) is 5.68. The van der Waals surface area contributed by atoms with Crippen molar-refractivity contribution < 1.29 is 4.39 Å². The second kappa shape index (κ2) is 5.44. The van der Waals surface area contributed by atoms with Crippen LogP contribution in [0.1, 0.15) is 19.3 Å². The molecular formula is C18H18FN3. The van der Waals surface area contributed by atoms with Crippen LogP contribution in [0.3, 0.4) is 0 Å². The maximum Gasteiger partial charge on any atom is 0.123 e. The van der Waals surface area contributed by atoms with E-state index in [1.165, 1.54) is 37.1 Å². The number of piperidine rings is 1. The fraction of sp³-hybridized carbons (Fsp3) is 0.278. The lowest BCUT2D eigenvalue weighted by atomic mass is 10.1. The van der Waals surface area contributed by atoms with Crippen molar-refractivity contribution in [3.8, 4) is 11.3 Å². The molecule has 0 unspecified atom stereocenters. The van der Waals surface area contributed by atoms with E-state index in [1.807, 2.05) is 12.3 Å². The molecule has 0 radical (unpaired) electrons. The van der Waals surface area contributed by atoms with Crippen molar-refractivity contribution in [1.29, 1.82) is 0 Å². The van der Waals surface area contributed by atoms with Crippen LogP contribution < -0.4 is 4.90 Å².